The Kier molecular flexibility index (Phi) is 4.15. The molecule has 0 bridgehead atoms. The minimum absolute atomic E-state index is 0.0702. The SMILES string of the molecule is COc1ccc(Cn2cnc3nc(-c4cc(F)ccc4F)[nH]c(=O)c32)cc1. The smallest absolute Gasteiger partial charge is 0.277 e. The lowest BCUT2D eigenvalue weighted by Gasteiger charge is -2.06. The topological polar surface area (TPSA) is 72.8 Å². The van der Waals surface area contributed by atoms with E-state index in [1.54, 1.807) is 11.7 Å². The van der Waals surface area contributed by atoms with E-state index in [2.05, 4.69) is 15.0 Å². The zero-order valence-corrected chi connectivity index (χ0v) is 14.2. The van der Waals surface area contributed by atoms with Gasteiger partial charge in [0, 0.05) is 6.54 Å². The Morgan fingerprint density at radius 1 is 1.15 bits per heavy atom. The number of hydrogen-bond acceptors (Lipinski definition) is 4. The van der Waals surface area contributed by atoms with Crippen LogP contribution in [0.3, 0.4) is 0 Å². The Bertz CT molecular complexity index is 1180. The minimum atomic E-state index is -0.684. The van der Waals surface area contributed by atoms with E-state index in [9.17, 15) is 13.6 Å². The first-order chi connectivity index (χ1) is 13.0. The number of nitrogens with zero attached hydrogens (tertiary/aromatic N) is 3. The normalized spacial score (nSPS) is 11.1. The molecule has 6 nitrogen and oxygen atoms in total. The highest BCUT2D eigenvalue weighted by atomic mass is 19.1. The number of methoxy groups -OCH3 is 1. The number of H-pyrrole nitrogens is 1. The molecule has 27 heavy (non-hydrogen) atoms. The Balaban J connectivity index is 1.75. The molecule has 0 saturated carbocycles. The summed E-state index contributed by atoms with van der Waals surface area (Å²) in [6.45, 7) is 0.402. The first-order valence-electron chi connectivity index (χ1n) is 8.08. The largest absolute Gasteiger partial charge is 0.497 e. The van der Waals surface area contributed by atoms with Gasteiger partial charge >= 0.3 is 0 Å². The van der Waals surface area contributed by atoms with Crippen molar-refractivity contribution in [2.24, 2.45) is 0 Å². The van der Waals surface area contributed by atoms with E-state index in [1.807, 2.05) is 24.3 Å². The minimum Gasteiger partial charge on any atom is -0.497 e. The number of nitrogens with one attached hydrogen (secondary N) is 1. The lowest BCUT2D eigenvalue weighted by atomic mass is 10.2. The summed E-state index contributed by atoms with van der Waals surface area (Å²) in [4.78, 5) is 23.4. The number of ether oxygens (including phenoxy) is 1. The number of benzene rings is 2. The average Bonchev–Trinajstić information content (AvgIpc) is 3.07. The third-order valence-corrected chi connectivity index (χ3v) is 4.18. The molecule has 0 atom stereocenters. The molecule has 0 amide bonds. The molecule has 2 aromatic heterocycles. The maximum atomic E-state index is 14.0. The molecule has 136 valence electrons. The van der Waals surface area contributed by atoms with Crippen molar-refractivity contribution < 1.29 is 13.5 Å². The number of fused-ring (bicyclic) bond motifs is 1. The molecule has 1 N–H and O–H groups in total. The molecule has 0 aliphatic heterocycles. The zero-order chi connectivity index (χ0) is 19.0. The number of aromatic nitrogens is 4. The molecule has 0 fully saturated rings. The van der Waals surface area contributed by atoms with Crippen molar-refractivity contribution >= 4 is 11.2 Å². The van der Waals surface area contributed by atoms with Crippen molar-refractivity contribution in [3.05, 3.63) is 76.3 Å². The third-order valence-electron chi connectivity index (χ3n) is 4.18. The van der Waals surface area contributed by atoms with Crippen LogP contribution in [0.1, 0.15) is 5.56 Å². The van der Waals surface area contributed by atoms with Gasteiger partial charge in [-0.15, -0.1) is 0 Å². The lowest BCUT2D eigenvalue weighted by Crippen LogP contribution is -2.14. The summed E-state index contributed by atoms with van der Waals surface area (Å²) in [6, 6.07) is 10.4. The molecular weight excluding hydrogens is 354 g/mol. The Hall–Kier alpha value is -3.55. The summed E-state index contributed by atoms with van der Waals surface area (Å²) < 4.78 is 34.2. The molecular formula is C19H14F2N4O2. The van der Waals surface area contributed by atoms with Crippen LogP contribution in [0.2, 0.25) is 0 Å². The molecule has 0 spiro atoms. The van der Waals surface area contributed by atoms with Crippen LogP contribution >= 0.6 is 0 Å². The van der Waals surface area contributed by atoms with Gasteiger partial charge in [-0.3, -0.25) is 4.79 Å². The standard InChI is InChI=1S/C19H14F2N4O2/c1-27-13-5-2-11(3-6-13)9-25-10-22-18-16(25)19(26)24-17(23-18)14-8-12(20)4-7-15(14)21/h2-8,10H,9H2,1H3,(H,23,24,26). The van der Waals surface area contributed by atoms with Gasteiger partial charge in [-0.05, 0) is 35.9 Å². The summed E-state index contributed by atoms with van der Waals surface area (Å²) in [6.07, 6.45) is 1.49. The molecule has 2 aromatic carbocycles. The molecule has 4 aromatic rings. The lowest BCUT2D eigenvalue weighted by molar-refractivity contribution is 0.414. The van der Waals surface area contributed by atoms with E-state index in [0.29, 0.717) is 6.54 Å². The van der Waals surface area contributed by atoms with Crippen LogP contribution in [-0.2, 0) is 6.54 Å². The van der Waals surface area contributed by atoms with Crippen molar-refractivity contribution in [2.75, 3.05) is 7.11 Å². The highest BCUT2D eigenvalue weighted by Crippen LogP contribution is 2.21. The van der Waals surface area contributed by atoms with E-state index < -0.39 is 17.2 Å². The van der Waals surface area contributed by atoms with Crippen molar-refractivity contribution in [3.63, 3.8) is 0 Å². The predicted molar refractivity (Wildman–Crippen MR) is 95.6 cm³/mol. The van der Waals surface area contributed by atoms with E-state index in [4.69, 9.17) is 4.74 Å². The van der Waals surface area contributed by atoms with E-state index in [0.717, 1.165) is 29.5 Å². The van der Waals surface area contributed by atoms with Crippen LogP contribution in [0.15, 0.2) is 53.6 Å². The van der Waals surface area contributed by atoms with Gasteiger partial charge in [0.05, 0.1) is 19.0 Å². The number of halogens is 2. The van der Waals surface area contributed by atoms with Crippen LogP contribution < -0.4 is 10.3 Å². The molecule has 0 saturated heterocycles. The van der Waals surface area contributed by atoms with Crippen molar-refractivity contribution in [3.8, 4) is 17.1 Å². The van der Waals surface area contributed by atoms with Crippen molar-refractivity contribution in [1.29, 1.82) is 0 Å². The van der Waals surface area contributed by atoms with Gasteiger partial charge in [0.2, 0.25) is 0 Å². The quantitative estimate of drug-likeness (QED) is 0.601. The Labute approximate surface area is 152 Å². The maximum Gasteiger partial charge on any atom is 0.277 e. The van der Waals surface area contributed by atoms with Crippen LogP contribution in [0.5, 0.6) is 5.75 Å². The summed E-state index contributed by atoms with van der Waals surface area (Å²) >= 11 is 0. The second-order valence-corrected chi connectivity index (χ2v) is 5.93. The molecule has 0 unspecified atom stereocenters. The fourth-order valence-corrected chi connectivity index (χ4v) is 2.84. The summed E-state index contributed by atoms with van der Waals surface area (Å²) in [7, 11) is 1.59. The fraction of sp³-hybridized carbons (Fsp3) is 0.105. The highest BCUT2D eigenvalue weighted by Gasteiger charge is 2.15. The molecule has 0 radical (unpaired) electrons. The van der Waals surface area contributed by atoms with Gasteiger partial charge in [-0.25, -0.2) is 18.7 Å². The van der Waals surface area contributed by atoms with Gasteiger partial charge < -0.3 is 14.3 Å². The first-order valence-corrected chi connectivity index (χ1v) is 8.08. The summed E-state index contributed by atoms with van der Waals surface area (Å²) in [5.41, 5.74) is 0.746. The second-order valence-electron chi connectivity index (χ2n) is 5.93. The van der Waals surface area contributed by atoms with E-state index >= 15 is 0 Å². The fourth-order valence-electron chi connectivity index (χ4n) is 2.84. The molecule has 0 aliphatic rings. The second kappa shape index (κ2) is 6.64. The third kappa shape index (κ3) is 3.17. The van der Waals surface area contributed by atoms with Gasteiger partial charge in [0.15, 0.2) is 11.2 Å². The molecule has 8 heteroatoms. The summed E-state index contributed by atoms with van der Waals surface area (Å²) in [5.74, 6) is -0.648. The van der Waals surface area contributed by atoms with Crippen LogP contribution in [0.4, 0.5) is 8.78 Å². The predicted octanol–water partition coefficient (Wildman–Crippen LogP) is 3.12. The Morgan fingerprint density at radius 3 is 2.67 bits per heavy atom. The van der Waals surface area contributed by atoms with Crippen LogP contribution in [-0.4, -0.2) is 26.6 Å². The Morgan fingerprint density at radius 2 is 1.93 bits per heavy atom. The van der Waals surface area contributed by atoms with E-state index in [1.165, 1.54) is 6.33 Å². The highest BCUT2D eigenvalue weighted by molar-refractivity contribution is 5.73. The van der Waals surface area contributed by atoms with Gasteiger partial charge in [0.1, 0.15) is 23.2 Å². The summed E-state index contributed by atoms with van der Waals surface area (Å²) in [5, 5.41) is 0. The van der Waals surface area contributed by atoms with Crippen LogP contribution in [0, 0.1) is 11.6 Å². The number of imidazole rings is 1. The first kappa shape index (κ1) is 16.9. The zero-order valence-electron chi connectivity index (χ0n) is 14.2. The van der Waals surface area contributed by atoms with Gasteiger partial charge in [-0.2, -0.15) is 0 Å². The maximum absolute atomic E-state index is 14.0. The number of hydrogen-bond donors (Lipinski definition) is 1. The molecule has 0 aliphatic carbocycles. The molecule has 4 rings (SSSR count). The number of rotatable bonds is 4. The number of aromatic amines is 1. The van der Waals surface area contributed by atoms with Crippen molar-refractivity contribution in [2.45, 2.75) is 6.54 Å². The van der Waals surface area contributed by atoms with Crippen LogP contribution in [0.25, 0.3) is 22.6 Å². The molecule has 2 heterocycles. The van der Waals surface area contributed by atoms with Gasteiger partial charge in [-0.1, -0.05) is 12.1 Å². The monoisotopic (exact) mass is 368 g/mol. The van der Waals surface area contributed by atoms with Crippen molar-refractivity contribution in [1.82, 2.24) is 19.5 Å². The van der Waals surface area contributed by atoms with Gasteiger partial charge in [0.25, 0.3) is 5.56 Å². The van der Waals surface area contributed by atoms with E-state index in [-0.39, 0.29) is 22.6 Å². The average molecular weight is 368 g/mol.